The number of aryl methyl sites for hydroxylation is 1. The van der Waals surface area contributed by atoms with Crippen molar-refractivity contribution in [3.63, 3.8) is 0 Å². The molecule has 2 aromatic rings. The average molecular weight is 465 g/mol. The highest BCUT2D eigenvalue weighted by atomic mass is 16.3. The van der Waals surface area contributed by atoms with Crippen molar-refractivity contribution in [3.05, 3.63) is 88.5 Å². The van der Waals surface area contributed by atoms with Crippen LogP contribution in [-0.2, 0) is 6.42 Å². The Morgan fingerprint density at radius 1 is 1.15 bits per heavy atom. The van der Waals surface area contributed by atoms with Gasteiger partial charge in [0.1, 0.15) is 5.75 Å². The number of hydrogen-bond donors (Lipinski definition) is 2. The summed E-state index contributed by atoms with van der Waals surface area (Å²) in [5, 5.41) is 12.9. The molecule has 0 saturated carbocycles. The van der Waals surface area contributed by atoms with E-state index in [9.17, 15) is 9.90 Å². The molecule has 0 amide bonds. The highest BCUT2D eigenvalue weighted by Gasteiger charge is 2.15. The van der Waals surface area contributed by atoms with Crippen molar-refractivity contribution >= 4 is 5.78 Å². The number of hydrogen-bond acceptors (Lipinski definition) is 4. The van der Waals surface area contributed by atoms with Crippen LogP contribution in [0.3, 0.4) is 0 Å². The zero-order valence-corrected chi connectivity index (χ0v) is 22.2. The number of benzene rings is 2. The molecular weight excluding hydrogens is 420 g/mol. The lowest BCUT2D eigenvalue weighted by Gasteiger charge is -2.32. The predicted octanol–water partition coefficient (Wildman–Crippen LogP) is 6.32. The molecular formula is C30H44N2O2. The Morgan fingerprint density at radius 3 is 2.44 bits per heavy atom. The first-order chi connectivity index (χ1) is 16.3. The smallest absolute Gasteiger partial charge is 0.160 e. The molecule has 2 aromatic carbocycles. The number of nitrogens with zero attached hydrogens (tertiary/aromatic N) is 1. The number of carbonyl (C=O) groups excluding carboxylic acids is 1. The van der Waals surface area contributed by atoms with E-state index in [1.165, 1.54) is 12.1 Å². The van der Waals surface area contributed by atoms with Gasteiger partial charge in [0.05, 0.1) is 0 Å². The van der Waals surface area contributed by atoms with Crippen LogP contribution in [-0.4, -0.2) is 48.0 Å². The maximum absolute atomic E-state index is 11.5. The molecule has 2 N–H and O–H groups in total. The summed E-state index contributed by atoms with van der Waals surface area (Å²) >= 11 is 0. The Labute approximate surface area is 207 Å². The Balaban J connectivity index is 0.000000326. The first kappa shape index (κ1) is 29.3. The zero-order valence-electron chi connectivity index (χ0n) is 22.2. The second-order valence-corrected chi connectivity index (χ2v) is 8.51. The summed E-state index contributed by atoms with van der Waals surface area (Å²) < 4.78 is 0. The van der Waals surface area contributed by atoms with Crippen LogP contribution in [0, 0.1) is 6.92 Å². The molecule has 0 aromatic heterocycles. The number of nitrogens with one attached hydrogen (secondary N) is 1. The van der Waals surface area contributed by atoms with Crippen LogP contribution >= 0.6 is 0 Å². The Bertz CT molecular complexity index is 947. The van der Waals surface area contributed by atoms with Gasteiger partial charge in [0, 0.05) is 37.8 Å². The minimum Gasteiger partial charge on any atom is -0.508 e. The normalized spacial score (nSPS) is 16.3. The van der Waals surface area contributed by atoms with Gasteiger partial charge in [-0.25, -0.2) is 0 Å². The monoisotopic (exact) mass is 464 g/mol. The molecule has 1 aliphatic heterocycles. The van der Waals surface area contributed by atoms with Crippen LogP contribution < -0.4 is 5.32 Å². The minimum absolute atomic E-state index is 0.0882. The number of Topliss-reactive ketones (excluding diaryl/α,β-unsaturated/α-hetero) is 1. The number of phenols is 1. The second-order valence-electron chi connectivity index (χ2n) is 8.51. The molecule has 0 radical (unpaired) electrons. The van der Waals surface area contributed by atoms with Gasteiger partial charge in [-0.15, -0.1) is 0 Å². The van der Waals surface area contributed by atoms with Gasteiger partial charge in [-0.2, -0.15) is 0 Å². The van der Waals surface area contributed by atoms with E-state index >= 15 is 0 Å². The topological polar surface area (TPSA) is 52.6 Å². The first-order valence-corrected chi connectivity index (χ1v) is 12.4. The molecule has 4 nitrogen and oxygen atoms in total. The van der Waals surface area contributed by atoms with E-state index < -0.39 is 0 Å². The van der Waals surface area contributed by atoms with Crippen LogP contribution in [0.5, 0.6) is 5.75 Å². The lowest BCUT2D eigenvalue weighted by atomic mass is 9.98. The van der Waals surface area contributed by atoms with Gasteiger partial charge in [-0.3, -0.25) is 9.69 Å². The third kappa shape index (κ3) is 10.5. The molecule has 1 unspecified atom stereocenters. The van der Waals surface area contributed by atoms with Crippen molar-refractivity contribution in [1.82, 2.24) is 10.2 Å². The average Bonchev–Trinajstić information content (AvgIpc) is 2.82. The van der Waals surface area contributed by atoms with Gasteiger partial charge < -0.3 is 10.4 Å². The van der Waals surface area contributed by atoms with E-state index in [1.807, 2.05) is 51.1 Å². The molecule has 1 saturated heterocycles. The zero-order chi connectivity index (χ0) is 25.5. The molecule has 1 atom stereocenters. The number of carbonyl (C=O) groups is 1. The molecule has 4 heteroatoms. The molecule has 0 spiro atoms. The van der Waals surface area contributed by atoms with Crippen molar-refractivity contribution in [2.24, 2.45) is 0 Å². The van der Waals surface area contributed by atoms with Crippen molar-refractivity contribution in [2.45, 2.75) is 60.9 Å². The molecule has 1 heterocycles. The van der Waals surface area contributed by atoms with E-state index in [0.29, 0.717) is 6.04 Å². The fourth-order valence-corrected chi connectivity index (χ4v) is 3.93. The quantitative estimate of drug-likeness (QED) is 0.388. The number of aromatic hydroxyl groups is 1. The number of allylic oxidation sites excluding steroid dienone is 2. The molecule has 34 heavy (non-hydrogen) atoms. The number of phenolic OH excluding ortho intramolecular Hbond substituents is 1. The Hall–Kier alpha value is -2.69. The highest BCUT2D eigenvalue weighted by Crippen LogP contribution is 2.18. The second kappa shape index (κ2) is 16.0. The maximum Gasteiger partial charge on any atom is 0.160 e. The Morgan fingerprint density at radius 2 is 1.85 bits per heavy atom. The van der Waals surface area contributed by atoms with Crippen LogP contribution in [0.4, 0.5) is 0 Å². The van der Waals surface area contributed by atoms with E-state index in [0.717, 1.165) is 48.3 Å². The summed E-state index contributed by atoms with van der Waals surface area (Å²) in [7, 11) is 0. The lowest BCUT2D eigenvalue weighted by molar-refractivity contribution is 0.101. The summed E-state index contributed by atoms with van der Waals surface area (Å²) in [5.74, 6) is 0.358. The fourth-order valence-electron chi connectivity index (χ4n) is 3.93. The summed E-state index contributed by atoms with van der Waals surface area (Å²) in [5.41, 5.74) is 5.31. The minimum atomic E-state index is 0.0882. The maximum atomic E-state index is 11.5. The summed E-state index contributed by atoms with van der Waals surface area (Å²) in [6.07, 6.45) is 7.23. The van der Waals surface area contributed by atoms with Crippen molar-refractivity contribution in [1.29, 1.82) is 0 Å². The molecule has 3 rings (SSSR count). The fraction of sp³-hybridized carbons (Fsp3) is 0.433. The lowest BCUT2D eigenvalue weighted by Crippen LogP contribution is -2.49. The Kier molecular flexibility index (Phi) is 13.8. The van der Waals surface area contributed by atoms with E-state index in [4.69, 9.17) is 0 Å². The predicted molar refractivity (Wildman–Crippen MR) is 146 cm³/mol. The van der Waals surface area contributed by atoms with E-state index in [-0.39, 0.29) is 11.5 Å². The first-order valence-electron chi connectivity index (χ1n) is 12.4. The van der Waals surface area contributed by atoms with Crippen LogP contribution in [0.25, 0.3) is 0 Å². The third-order valence-electron chi connectivity index (χ3n) is 5.61. The van der Waals surface area contributed by atoms with Gasteiger partial charge >= 0.3 is 0 Å². The van der Waals surface area contributed by atoms with Crippen molar-refractivity contribution in [2.75, 3.05) is 26.2 Å². The summed E-state index contributed by atoms with van der Waals surface area (Å²) in [6, 6.07) is 13.7. The van der Waals surface area contributed by atoms with Gasteiger partial charge in [0.15, 0.2) is 5.78 Å². The summed E-state index contributed by atoms with van der Waals surface area (Å²) in [4.78, 5) is 14.0. The molecule has 186 valence electrons. The molecule has 0 bridgehead atoms. The SMILES string of the molecule is C/C=C\C(=C/C)CN1CCNC(C)C1.CC.CC(=O)c1cc(Cc2cccc(O)c2)ccc1C. The third-order valence-corrected chi connectivity index (χ3v) is 5.61. The van der Waals surface area contributed by atoms with Crippen molar-refractivity contribution < 1.29 is 9.90 Å². The van der Waals surface area contributed by atoms with Gasteiger partial charge in [0.25, 0.3) is 0 Å². The van der Waals surface area contributed by atoms with Crippen LogP contribution in [0.1, 0.15) is 68.6 Å². The number of ketones is 1. The van der Waals surface area contributed by atoms with Crippen LogP contribution in [0.15, 0.2) is 66.3 Å². The molecule has 1 aliphatic rings. The van der Waals surface area contributed by atoms with Gasteiger partial charge in [-0.1, -0.05) is 56.3 Å². The van der Waals surface area contributed by atoms with Gasteiger partial charge in [0.2, 0.25) is 0 Å². The standard InChI is InChI=1S/C16H16O2.C12H22N2.C2H6/c1-11-6-7-14(10-16(11)12(2)17)8-13-4-3-5-15(18)9-13;1-4-6-12(5-2)10-14-8-7-13-11(3)9-14;1-2/h3-7,9-10,18H,8H2,1-2H3;4-6,11,13H,7-10H2,1-3H3;1-2H3/b;6-4-,12-5+;. The van der Waals surface area contributed by atoms with Gasteiger partial charge in [-0.05, 0) is 81.5 Å². The van der Waals surface area contributed by atoms with Crippen molar-refractivity contribution in [3.8, 4) is 5.75 Å². The largest absolute Gasteiger partial charge is 0.508 e. The highest BCUT2D eigenvalue weighted by molar-refractivity contribution is 5.95. The molecule has 0 aliphatic carbocycles. The summed E-state index contributed by atoms with van der Waals surface area (Å²) in [6.45, 7) is 18.5. The number of rotatable bonds is 6. The van der Waals surface area contributed by atoms with E-state index in [2.05, 4.69) is 49.2 Å². The van der Waals surface area contributed by atoms with E-state index in [1.54, 1.807) is 19.1 Å². The number of piperazine rings is 1. The molecule has 1 fully saturated rings. The van der Waals surface area contributed by atoms with Crippen LogP contribution in [0.2, 0.25) is 0 Å².